The third kappa shape index (κ3) is 21.6. The number of hydrogen-bond donors (Lipinski definition) is 5. The van der Waals surface area contributed by atoms with Crippen LogP contribution in [0, 0.1) is 0 Å². The number of nitrogens with one attached hydrogen (secondary N) is 4. The predicted octanol–water partition coefficient (Wildman–Crippen LogP) is 3.61. The highest BCUT2D eigenvalue weighted by Gasteiger charge is 2.24. The van der Waals surface area contributed by atoms with Crippen LogP contribution in [0.1, 0.15) is 103 Å². The number of carbonyl (C=O) groups is 6. The molecular weight excluding hydrogens is 665 g/mol. The number of aliphatic carboxylic acids is 1. The van der Waals surface area contributed by atoms with Gasteiger partial charge in [-0.2, -0.15) is 11.8 Å². The van der Waals surface area contributed by atoms with E-state index in [0.717, 1.165) is 38.5 Å². The van der Waals surface area contributed by atoms with Crippen LogP contribution in [-0.2, 0) is 33.5 Å². The molecule has 0 bridgehead atoms. The van der Waals surface area contributed by atoms with Gasteiger partial charge in [0.2, 0.25) is 23.6 Å². The fourth-order valence-corrected chi connectivity index (χ4v) is 9.57. The highest BCUT2D eigenvalue weighted by molar-refractivity contribution is 8.77. The van der Waals surface area contributed by atoms with Crippen molar-refractivity contribution in [2.75, 3.05) is 44.4 Å². The lowest BCUT2D eigenvalue weighted by molar-refractivity contribution is -0.138. The number of carbonyl (C=O) groups excluding carboxylic acids is 5. The molecule has 2 fully saturated rings. The topological polar surface area (TPSA) is 180 Å². The molecule has 0 saturated carbocycles. The first kappa shape index (κ1) is 41.2. The molecular formula is C32H54N4O8S3. The van der Waals surface area contributed by atoms with Gasteiger partial charge in [-0.15, -0.1) is 0 Å². The Balaban J connectivity index is 1.66. The minimum atomic E-state index is -1.04. The maximum absolute atomic E-state index is 13.1. The third-order valence-corrected chi connectivity index (χ3v) is 12.3. The minimum Gasteiger partial charge on any atom is -0.481 e. The van der Waals surface area contributed by atoms with Crippen LogP contribution in [0.4, 0.5) is 0 Å². The number of thioether (sulfide) groups is 1. The number of Topliss-reactive ketones (excluding diaryl/α,β-unsaturated/α-hetero) is 1. The van der Waals surface area contributed by atoms with Gasteiger partial charge in [-0.05, 0) is 57.1 Å². The molecule has 2 unspecified atom stereocenters. The highest BCUT2D eigenvalue weighted by atomic mass is 33.1. The van der Waals surface area contributed by atoms with E-state index in [1.807, 2.05) is 33.3 Å². The normalized spacial score (nSPS) is 18.0. The summed E-state index contributed by atoms with van der Waals surface area (Å²) >= 11 is 2.00. The van der Waals surface area contributed by atoms with E-state index in [1.165, 1.54) is 30.8 Å². The van der Waals surface area contributed by atoms with E-state index < -0.39 is 17.9 Å². The Hall–Kier alpha value is -1.97. The molecule has 2 rings (SSSR count). The lowest BCUT2D eigenvalue weighted by atomic mass is 10.0. The van der Waals surface area contributed by atoms with Crippen molar-refractivity contribution < 1.29 is 38.6 Å². The van der Waals surface area contributed by atoms with Crippen molar-refractivity contribution in [3.8, 4) is 0 Å². The van der Waals surface area contributed by atoms with E-state index >= 15 is 0 Å². The zero-order valence-electron chi connectivity index (χ0n) is 27.5. The second-order valence-corrected chi connectivity index (χ2v) is 16.1. The first-order valence-electron chi connectivity index (χ1n) is 17.0. The molecule has 268 valence electrons. The Morgan fingerprint density at radius 2 is 1.34 bits per heavy atom. The molecule has 0 aliphatic carbocycles. The summed E-state index contributed by atoms with van der Waals surface area (Å²) in [4.78, 5) is 72.7. The zero-order valence-corrected chi connectivity index (χ0v) is 30.0. The quantitative estimate of drug-likeness (QED) is 0.0619. The molecule has 2 aliphatic rings. The summed E-state index contributed by atoms with van der Waals surface area (Å²) in [5.41, 5.74) is 0. The van der Waals surface area contributed by atoms with E-state index in [1.54, 1.807) is 0 Å². The minimum absolute atomic E-state index is 0.0195. The average Bonchev–Trinajstić information content (AvgIpc) is 3.76. The van der Waals surface area contributed by atoms with Crippen molar-refractivity contribution in [1.29, 1.82) is 0 Å². The summed E-state index contributed by atoms with van der Waals surface area (Å²) in [6.45, 7) is 1.14. The van der Waals surface area contributed by atoms with Crippen LogP contribution in [-0.4, -0.2) is 101 Å². The Labute approximate surface area is 291 Å². The van der Waals surface area contributed by atoms with Crippen LogP contribution in [0.2, 0.25) is 0 Å². The number of ether oxygens (including phenoxy) is 1. The van der Waals surface area contributed by atoms with Gasteiger partial charge in [0.25, 0.3) is 0 Å². The average molecular weight is 719 g/mol. The van der Waals surface area contributed by atoms with E-state index in [2.05, 4.69) is 21.3 Å². The summed E-state index contributed by atoms with van der Waals surface area (Å²) in [5.74, 6) is 0.105. The molecule has 0 aromatic rings. The molecule has 12 nitrogen and oxygen atoms in total. The Bertz CT molecular complexity index is 978. The van der Waals surface area contributed by atoms with Gasteiger partial charge in [0, 0.05) is 61.6 Å². The van der Waals surface area contributed by atoms with Crippen molar-refractivity contribution in [3.05, 3.63) is 0 Å². The first-order valence-corrected chi connectivity index (χ1v) is 20.5. The Morgan fingerprint density at radius 1 is 0.681 bits per heavy atom. The fourth-order valence-electron chi connectivity index (χ4n) is 5.21. The summed E-state index contributed by atoms with van der Waals surface area (Å²) in [7, 11) is 3.87. The zero-order chi connectivity index (χ0) is 34.1. The molecule has 2 aliphatic heterocycles. The van der Waals surface area contributed by atoms with Crippen molar-refractivity contribution in [1.82, 2.24) is 21.3 Å². The van der Waals surface area contributed by atoms with Crippen LogP contribution >= 0.6 is 33.3 Å². The monoisotopic (exact) mass is 718 g/mol. The molecule has 5 N–H and O–H groups in total. The molecule has 0 spiro atoms. The molecule has 47 heavy (non-hydrogen) atoms. The standard InChI is InChI=1S/C32H54N4O8S3/c37-27(10-5-16-33-28(38)11-3-2-8-25-15-22-46-47-25)26(36-30(40)12-4-1-7-24-9-6-21-45-24)23-31(41)35-18-20-44-19-17-34-29(39)13-14-32(42)43/h24-26H,1-23H2,(H,33,38)(H,34,39)(H,35,41)(H,36,40)(H,42,43)/t24?,25?,26-/m0/s1. The fraction of sp³-hybridized carbons (Fsp3) is 0.812. The van der Waals surface area contributed by atoms with E-state index in [-0.39, 0.29) is 75.5 Å². The number of carboxylic acid groups (broad SMARTS) is 1. The number of ketones is 1. The maximum Gasteiger partial charge on any atom is 0.303 e. The van der Waals surface area contributed by atoms with Gasteiger partial charge in [0.05, 0.1) is 32.1 Å². The molecule has 2 heterocycles. The summed E-state index contributed by atoms with van der Waals surface area (Å²) in [6.07, 6.45) is 10.4. The van der Waals surface area contributed by atoms with Crippen LogP contribution in [0.5, 0.6) is 0 Å². The lowest BCUT2D eigenvalue weighted by Crippen LogP contribution is -2.44. The molecule has 0 aromatic heterocycles. The van der Waals surface area contributed by atoms with E-state index in [4.69, 9.17) is 9.84 Å². The summed E-state index contributed by atoms with van der Waals surface area (Å²) in [6, 6.07) is -0.947. The molecule has 2 saturated heterocycles. The Kier molecular flexibility index (Phi) is 22.8. The molecule has 0 aromatic carbocycles. The second-order valence-electron chi connectivity index (χ2n) is 11.9. The number of amides is 4. The SMILES string of the molecule is O=C(O)CCC(=O)NCCOCCNC(=O)C[C@H](NC(=O)CCCCC1CCCS1)C(=O)CCCNC(=O)CCCCC1CCSS1. The van der Waals surface area contributed by atoms with Gasteiger partial charge in [0.1, 0.15) is 0 Å². The number of hydrogen-bond acceptors (Lipinski definition) is 10. The highest BCUT2D eigenvalue weighted by Crippen LogP contribution is 2.39. The van der Waals surface area contributed by atoms with Crippen LogP contribution in [0.25, 0.3) is 0 Å². The van der Waals surface area contributed by atoms with Crippen LogP contribution in [0.3, 0.4) is 0 Å². The van der Waals surface area contributed by atoms with Gasteiger partial charge >= 0.3 is 5.97 Å². The van der Waals surface area contributed by atoms with Gasteiger partial charge in [-0.25, -0.2) is 0 Å². The van der Waals surface area contributed by atoms with E-state index in [0.29, 0.717) is 36.3 Å². The molecule has 3 atom stereocenters. The smallest absolute Gasteiger partial charge is 0.303 e. The van der Waals surface area contributed by atoms with Gasteiger partial charge in [0.15, 0.2) is 5.78 Å². The third-order valence-electron chi connectivity index (χ3n) is 7.85. The number of carboxylic acids is 1. The van der Waals surface area contributed by atoms with Crippen molar-refractivity contribution in [2.24, 2.45) is 0 Å². The van der Waals surface area contributed by atoms with Gasteiger partial charge in [-0.3, -0.25) is 28.8 Å². The lowest BCUT2D eigenvalue weighted by Gasteiger charge is -2.18. The van der Waals surface area contributed by atoms with Crippen LogP contribution in [0.15, 0.2) is 0 Å². The largest absolute Gasteiger partial charge is 0.481 e. The maximum atomic E-state index is 13.1. The number of rotatable bonds is 27. The summed E-state index contributed by atoms with van der Waals surface area (Å²) in [5, 5.41) is 20.9. The van der Waals surface area contributed by atoms with Crippen molar-refractivity contribution >= 4 is 68.7 Å². The van der Waals surface area contributed by atoms with Crippen molar-refractivity contribution in [3.63, 3.8) is 0 Å². The summed E-state index contributed by atoms with van der Waals surface area (Å²) < 4.78 is 5.39. The molecule has 15 heteroatoms. The molecule has 0 radical (unpaired) electrons. The first-order chi connectivity index (χ1) is 22.7. The van der Waals surface area contributed by atoms with E-state index in [9.17, 15) is 28.8 Å². The van der Waals surface area contributed by atoms with Crippen molar-refractivity contribution in [2.45, 2.75) is 119 Å². The predicted molar refractivity (Wildman–Crippen MR) is 188 cm³/mol. The second kappa shape index (κ2) is 26.0. The van der Waals surface area contributed by atoms with Gasteiger partial charge < -0.3 is 31.1 Å². The van der Waals surface area contributed by atoms with Crippen LogP contribution < -0.4 is 21.3 Å². The molecule has 4 amide bonds. The number of unbranched alkanes of at least 4 members (excludes halogenated alkanes) is 2. The van der Waals surface area contributed by atoms with Gasteiger partial charge in [-0.1, -0.05) is 34.4 Å². The Morgan fingerprint density at radius 3 is 2.00 bits per heavy atom.